The first-order chi connectivity index (χ1) is 10.7. The molecule has 0 aliphatic carbocycles. The Morgan fingerprint density at radius 1 is 1.18 bits per heavy atom. The van der Waals surface area contributed by atoms with Gasteiger partial charge >= 0.3 is 0 Å². The van der Waals surface area contributed by atoms with Crippen molar-refractivity contribution in [3.63, 3.8) is 0 Å². The molecule has 0 bridgehead atoms. The van der Waals surface area contributed by atoms with Crippen LogP contribution < -0.4 is 10.2 Å². The molecule has 0 saturated carbocycles. The maximum absolute atomic E-state index is 5.04. The van der Waals surface area contributed by atoms with Crippen LogP contribution in [0.1, 0.15) is 19.4 Å². The Labute approximate surface area is 132 Å². The van der Waals surface area contributed by atoms with Gasteiger partial charge in [0, 0.05) is 32.3 Å². The monoisotopic (exact) mass is 300 g/mol. The predicted octanol–water partition coefficient (Wildman–Crippen LogP) is 2.95. The molecule has 0 radical (unpaired) electrons. The molecule has 5 heteroatoms. The standard InChI is InChI=1S/C17H24N4O/c1-14(2)21(12-15-7-5-4-6-8-15)17-11-16(19-13-20-17)18-9-10-22-3/h4-8,11,13-14H,9-10,12H2,1-3H3,(H,18,19,20). The lowest BCUT2D eigenvalue weighted by atomic mass is 10.2. The van der Waals surface area contributed by atoms with Crippen LogP contribution in [0, 0.1) is 0 Å². The first kappa shape index (κ1) is 16.2. The summed E-state index contributed by atoms with van der Waals surface area (Å²) in [7, 11) is 1.69. The van der Waals surface area contributed by atoms with E-state index < -0.39 is 0 Å². The molecule has 0 aliphatic heterocycles. The molecule has 1 aromatic carbocycles. The van der Waals surface area contributed by atoms with Gasteiger partial charge in [-0.15, -0.1) is 0 Å². The highest BCUT2D eigenvalue weighted by atomic mass is 16.5. The van der Waals surface area contributed by atoms with Crippen molar-refractivity contribution in [1.29, 1.82) is 0 Å². The van der Waals surface area contributed by atoms with Crippen molar-refractivity contribution in [2.24, 2.45) is 0 Å². The van der Waals surface area contributed by atoms with E-state index in [1.165, 1.54) is 5.56 Å². The van der Waals surface area contributed by atoms with Crippen LogP contribution in [0.25, 0.3) is 0 Å². The van der Waals surface area contributed by atoms with E-state index in [2.05, 4.69) is 58.3 Å². The Morgan fingerprint density at radius 2 is 1.95 bits per heavy atom. The summed E-state index contributed by atoms with van der Waals surface area (Å²) in [5, 5.41) is 3.24. The Hall–Kier alpha value is -2.14. The second-order valence-corrected chi connectivity index (χ2v) is 5.39. The molecule has 1 N–H and O–H groups in total. The summed E-state index contributed by atoms with van der Waals surface area (Å²) in [5.41, 5.74) is 1.27. The zero-order chi connectivity index (χ0) is 15.8. The highest BCUT2D eigenvalue weighted by molar-refractivity contribution is 5.49. The van der Waals surface area contributed by atoms with Crippen LogP contribution >= 0.6 is 0 Å². The fraction of sp³-hybridized carbons (Fsp3) is 0.412. The molecule has 2 aromatic rings. The SMILES string of the molecule is COCCNc1cc(N(Cc2ccccc2)C(C)C)ncn1. The first-order valence-electron chi connectivity index (χ1n) is 7.56. The van der Waals surface area contributed by atoms with E-state index in [0.29, 0.717) is 12.6 Å². The lowest BCUT2D eigenvalue weighted by Gasteiger charge is -2.28. The van der Waals surface area contributed by atoms with Gasteiger partial charge in [-0.25, -0.2) is 9.97 Å². The highest BCUT2D eigenvalue weighted by Gasteiger charge is 2.13. The summed E-state index contributed by atoms with van der Waals surface area (Å²) >= 11 is 0. The average molecular weight is 300 g/mol. The number of anilines is 2. The second kappa shape index (κ2) is 8.34. The normalized spacial score (nSPS) is 10.7. The van der Waals surface area contributed by atoms with Crippen LogP contribution in [0.4, 0.5) is 11.6 Å². The summed E-state index contributed by atoms with van der Waals surface area (Å²) in [6, 6.07) is 12.8. The van der Waals surface area contributed by atoms with E-state index in [4.69, 9.17) is 4.74 Å². The van der Waals surface area contributed by atoms with E-state index in [1.54, 1.807) is 13.4 Å². The number of aromatic nitrogens is 2. The van der Waals surface area contributed by atoms with Gasteiger partial charge in [-0.05, 0) is 19.4 Å². The summed E-state index contributed by atoms with van der Waals surface area (Å²) < 4.78 is 5.04. The van der Waals surface area contributed by atoms with Crippen molar-refractivity contribution in [3.8, 4) is 0 Å². The zero-order valence-electron chi connectivity index (χ0n) is 13.5. The molecule has 0 atom stereocenters. The number of benzene rings is 1. The molecule has 1 aromatic heterocycles. The molecule has 0 aliphatic rings. The third kappa shape index (κ3) is 4.70. The number of hydrogen-bond acceptors (Lipinski definition) is 5. The minimum absolute atomic E-state index is 0.349. The number of methoxy groups -OCH3 is 1. The van der Waals surface area contributed by atoms with Gasteiger partial charge in [-0.2, -0.15) is 0 Å². The second-order valence-electron chi connectivity index (χ2n) is 5.39. The highest BCUT2D eigenvalue weighted by Crippen LogP contribution is 2.19. The third-order valence-electron chi connectivity index (χ3n) is 3.38. The van der Waals surface area contributed by atoms with Gasteiger partial charge in [0.05, 0.1) is 6.61 Å². The molecular formula is C17H24N4O. The maximum Gasteiger partial charge on any atom is 0.134 e. The quantitative estimate of drug-likeness (QED) is 0.760. The topological polar surface area (TPSA) is 50.3 Å². The van der Waals surface area contributed by atoms with Gasteiger partial charge in [0.1, 0.15) is 18.0 Å². The van der Waals surface area contributed by atoms with Crippen molar-refractivity contribution in [2.75, 3.05) is 30.5 Å². The Morgan fingerprint density at radius 3 is 2.64 bits per heavy atom. The molecule has 0 fully saturated rings. The van der Waals surface area contributed by atoms with E-state index in [9.17, 15) is 0 Å². The van der Waals surface area contributed by atoms with E-state index in [1.807, 2.05) is 12.1 Å². The summed E-state index contributed by atoms with van der Waals surface area (Å²) in [5.74, 6) is 1.74. The largest absolute Gasteiger partial charge is 0.383 e. The minimum atomic E-state index is 0.349. The summed E-state index contributed by atoms with van der Waals surface area (Å²) in [4.78, 5) is 10.9. The maximum atomic E-state index is 5.04. The van der Waals surface area contributed by atoms with Crippen LogP contribution in [0.15, 0.2) is 42.7 Å². The molecular weight excluding hydrogens is 276 g/mol. The van der Waals surface area contributed by atoms with Gasteiger partial charge in [-0.1, -0.05) is 30.3 Å². The van der Waals surface area contributed by atoms with Crippen molar-refractivity contribution in [1.82, 2.24) is 9.97 Å². The van der Waals surface area contributed by atoms with E-state index in [0.717, 1.165) is 24.7 Å². The number of nitrogens with zero attached hydrogens (tertiary/aromatic N) is 3. The number of rotatable bonds is 8. The Balaban J connectivity index is 2.12. The van der Waals surface area contributed by atoms with Gasteiger partial charge < -0.3 is 15.0 Å². The molecule has 0 amide bonds. The van der Waals surface area contributed by atoms with Crippen LogP contribution in [-0.2, 0) is 11.3 Å². The average Bonchev–Trinajstić information content (AvgIpc) is 2.54. The molecule has 22 heavy (non-hydrogen) atoms. The zero-order valence-corrected chi connectivity index (χ0v) is 13.5. The van der Waals surface area contributed by atoms with Crippen molar-refractivity contribution >= 4 is 11.6 Å². The lowest BCUT2D eigenvalue weighted by molar-refractivity contribution is 0.210. The molecule has 0 unspecified atom stereocenters. The molecule has 1 heterocycles. The van der Waals surface area contributed by atoms with Crippen molar-refractivity contribution in [3.05, 3.63) is 48.3 Å². The van der Waals surface area contributed by atoms with E-state index in [-0.39, 0.29) is 0 Å². The Bertz CT molecular complexity index is 560. The minimum Gasteiger partial charge on any atom is -0.383 e. The number of hydrogen-bond donors (Lipinski definition) is 1. The molecule has 2 rings (SSSR count). The van der Waals surface area contributed by atoms with Crippen LogP contribution in [0.5, 0.6) is 0 Å². The first-order valence-corrected chi connectivity index (χ1v) is 7.56. The molecule has 0 spiro atoms. The Kier molecular flexibility index (Phi) is 6.15. The van der Waals surface area contributed by atoms with Crippen LogP contribution in [0.2, 0.25) is 0 Å². The third-order valence-corrected chi connectivity index (χ3v) is 3.38. The van der Waals surface area contributed by atoms with E-state index >= 15 is 0 Å². The molecule has 0 saturated heterocycles. The molecule has 5 nitrogen and oxygen atoms in total. The van der Waals surface area contributed by atoms with Gasteiger partial charge in [0.25, 0.3) is 0 Å². The lowest BCUT2D eigenvalue weighted by Crippen LogP contribution is -2.31. The predicted molar refractivity (Wildman–Crippen MR) is 90.2 cm³/mol. The van der Waals surface area contributed by atoms with Gasteiger partial charge in [-0.3, -0.25) is 0 Å². The van der Waals surface area contributed by atoms with Crippen LogP contribution in [0.3, 0.4) is 0 Å². The molecule has 118 valence electrons. The number of nitrogens with one attached hydrogen (secondary N) is 1. The van der Waals surface area contributed by atoms with Crippen molar-refractivity contribution < 1.29 is 4.74 Å². The fourth-order valence-electron chi connectivity index (χ4n) is 2.19. The van der Waals surface area contributed by atoms with Crippen LogP contribution in [-0.4, -0.2) is 36.3 Å². The van der Waals surface area contributed by atoms with Gasteiger partial charge in [0.15, 0.2) is 0 Å². The summed E-state index contributed by atoms with van der Waals surface area (Å²) in [6.07, 6.45) is 1.60. The van der Waals surface area contributed by atoms with Crippen molar-refractivity contribution in [2.45, 2.75) is 26.4 Å². The van der Waals surface area contributed by atoms with Gasteiger partial charge in [0.2, 0.25) is 0 Å². The smallest absolute Gasteiger partial charge is 0.134 e. The summed E-state index contributed by atoms with van der Waals surface area (Å²) in [6.45, 7) is 6.55. The number of ether oxygens (including phenoxy) is 1. The fourth-order valence-corrected chi connectivity index (χ4v) is 2.19.